The molecule has 1 fully saturated rings. The van der Waals surface area contributed by atoms with Crippen LogP contribution in [0.3, 0.4) is 0 Å². The summed E-state index contributed by atoms with van der Waals surface area (Å²) >= 11 is 5.96. The average molecular weight is 343 g/mol. The minimum atomic E-state index is -0.587. The Labute approximate surface area is 139 Å². The fourth-order valence-electron chi connectivity index (χ4n) is 2.78. The van der Waals surface area contributed by atoms with Crippen molar-refractivity contribution in [2.75, 3.05) is 18.6 Å². The third kappa shape index (κ3) is 3.69. The van der Waals surface area contributed by atoms with Crippen LogP contribution >= 0.6 is 11.6 Å². The highest BCUT2D eigenvalue weighted by Crippen LogP contribution is 2.35. The maximum Gasteiger partial charge on any atom is 0.332 e. The van der Waals surface area contributed by atoms with Crippen LogP contribution in [0.25, 0.3) is 0 Å². The molecule has 126 valence electrons. The predicted octanol–water partition coefficient (Wildman–Crippen LogP) is 2.38. The number of nitrogens with zero attached hydrogens (tertiary/aromatic N) is 4. The summed E-state index contributed by atoms with van der Waals surface area (Å²) in [6.07, 6.45) is 1.69. The summed E-state index contributed by atoms with van der Waals surface area (Å²) in [6.45, 7) is 4.36. The zero-order valence-corrected chi connectivity index (χ0v) is 14.0. The number of ether oxygens (including phenoxy) is 1. The van der Waals surface area contributed by atoms with Crippen molar-refractivity contribution >= 4 is 29.1 Å². The highest BCUT2D eigenvalue weighted by molar-refractivity contribution is 6.28. The van der Waals surface area contributed by atoms with Crippen molar-refractivity contribution in [3.8, 4) is 0 Å². The topological polar surface area (TPSA) is 98.5 Å². The van der Waals surface area contributed by atoms with Crippen molar-refractivity contribution in [1.82, 2.24) is 9.97 Å². The molecule has 0 aliphatic carbocycles. The highest BCUT2D eigenvalue weighted by Gasteiger charge is 2.38. The van der Waals surface area contributed by atoms with Gasteiger partial charge in [0.15, 0.2) is 0 Å². The lowest BCUT2D eigenvalue weighted by atomic mass is 10.1. The summed E-state index contributed by atoms with van der Waals surface area (Å²) in [5, 5.41) is 11.5. The van der Waals surface area contributed by atoms with Crippen molar-refractivity contribution in [3.05, 3.63) is 21.1 Å². The predicted molar refractivity (Wildman–Crippen MR) is 84.6 cm³/mol. The van der Waals surface area contributed by atoms with E-state index in [1.165, 1.54) is 7.11 Å². The first kappa shape index (κ1) is 17.4. The van der Waals surface area contributed by atoms with E-state index in [-0.39, 0.29) is 28.4 Å². The number of rotatable bonds is 5. The number of esters is 1. The van der Waals surface area contributed by atoms with Gasteiger partial charge < -0.3 is 9.64 Å². The smallest absolute Gasteiger partial charge is 0.332 e. The molecule has 1 aliphatic rings. The van der Waals surface area contributed by atoms with Gasteiger partial charge in [-0.1, -0.05) is 13.8 Å². The molecular weight excluding hydrogens is 324 g/mol. The van der Waals surface area contributed by atoms with Crippen LogP contribution in [0.15, 0.2) is 0 Å². The van der Waals surface area contributed by atoms with E-state index < -0.39 is 16.9 Å². The van der Waals surface area contributed by atoms with Gasteiger partial charge in [-0.3, -0.25) is 10.1 Å². The van der Waals surface area contributed by atoms with Crippen molar-refractivity contribution in [3.63, 3.8) is 0 Å². The first-order valence-electron chi connectivity index (χ1n) is 7.40. The van der Waals surface area contributed by atoms with E-state index in [0.29, 0.717) is 19.4 Å². The molecule has 0 saturated carbocycles. The molecule has 23 heavy (non-hydrogen) atoms. The van der Waals surface area contributed by atoms with Gasteiger partial charge in [0, 0.05) is 6.54 Å². The fraction of sp³-hybridized carbons (Fsp3) is 0.643. The van der Waals surface area contributed by atoms with Gasteiger partial charge in [0.2, 0.25) is 11.1 Å². The minimum Gasteiger partial charge on any atom is -0.467 e. The number of hydrogen-bond donors (Lipinski definition) is 0. The van der Waals surface area contributed by atoms with E-state index in [2.05, 4.69) is 9.97 Å². The van der Waals surface area contributed by atoms with Crippen LogP contribution in [-0.2, 0) is 16.0 Å². The van der Waals surface area contributed by atoms with Crippen LogP contribution in [0.1, 0.15) is 32.4 Å². The Balaban J connectivity index is 2.54. The molecule has 1 atom stereocenters. The Morgan fingerprint density at radius 2 is 2.22 bits per heavy atom. The SMILES string of the molecule is COC(=O)C1CCCN1c1nc(Cl)nc(CC(C)C)c1[N+](=O)[O-]. The lowest BCUT2D eigenvalue weighted by Gasteiger charge is -2.24. The molecule has 0 spiro atoms. The molecule has 8 nitrogen and oxygen atoms in total. The summed E-state index contributed by atoms with van der Waals surface area (Å²) in [7, 11) is 1.30. The Kier molecular flexibility index (Phi) is 5.35. The largest absolute Gasteiger partial charge is 0.467 e. The normalized spacial score (nSPS) is 17.6. The number of anilines is 1. The van der Waals surface area contributed by atoms with Gasteiger partial charge in [0.05, 0.1) is 12.0 Å². The summed E-state index contributed by atoms with van der Waals surface area (Å²) in [5.74, 6) is -0.169. The number of halogens is 1. The Bertz CT molecular complexity index is 623. The van der Waals surface area contributed by atoms with Crippen molar-refractivity contribution in [2.24, 2.45) is 5.92 Å². The lowest BCUT2D eigenvalue weighted by molar-refractivity contribution is -0.385. The molecule has 0 bridgehead atoms. The molecule has 1 unspecified atom stereocenters. The van der Waals surface area contributed by atoms with Crippen LogP contribution in [0.4, 0.5) is 11.5 Å². The van der Waals surface area contributed by atoms with Crippen LogP contribution in [0.2, 0.25) is 5.28 Å². The molecule has 0 aromatic carbocycles. The molecule has 2 rings (SSSR count). The van der Waals surface area contributed by atoms with E-state index in [0.717, 1.165) is 6.42 Å². The second-order valence-corrected chi connectivity index (χ2v) is 6.18. The average Bonchev–Trinajstić information content (AvgIpc) is 2.93. The number of aromatic nitrogens is 2. The molecule has 1 aromatic heterocycles. The molecule has 1 saturated heterocycles. The molecular formula is C14H19ClN4O4. The van der Waals surface area contributed by atoms with E-state index in [1.54, 1.807) is 4.90 Å². The Morgan fingerprint density at radius 1 is 1.52 bits per heavy atom. The zero-order chi connectivity index (χ0) is 17.1. The fourth-order valence-corrected chi connectivity index (χ4v) is 2.96. The maximum absolute atomic E-state index is 11.9. The van der Waals surface area contributed by atoms with Crippen LogP contribution in [0.5, 0.6) is 0 Å². The van der Waals surface area contributed by atoms with Crippen molar-refractivity contribution in [1.29, 1.82) is 0 Å². The van der Waals surface area contributed by atoms with Crippen LogP contribution < -0.4 is 4.90 Å². The van der Waals surface area contributed by atoms with Crippen molar-refractivity contribution in [2.45, 2.75) is 39.2 Å². The molecule has 0 radical (unpaired) electrons. The standard InChI is InChI=1S/C14H19ClN4O4/c1-8(2)7-9-11(19(21)22)12(17-14(15)16-9)18-6-4-5-10(18)13(20)23-3/h8,10H,4-7H2,1-3H3. The number of methoxy groups -OCH3 is 1. The van der Waals surface area contributed by atoms with Gasteiger partial charge in [-0.25, -0.2) is 9.78 Å². The van der Waals surface area contributed by atoms with E-state index in [9.17, 15) is 14.9 Å². The van der Waals surface area contributed by atoms with E-state index in [4.69, 9.17) is 16.3 Å². The monoisotopic (exact) mass is 342 g/mol. The van der Waals surface area contributed by atoms with E-state index >= 15 is 0 Å². The second kappa shape index (κ2) is 7.08. The first-order valence-corrected chi connectivity index (χ1v) is 7.78. The Morgan fingerprint density at radius 3 is 2.78 bits per heavy atom. The minimum absolute atomic E-state index is 0.0586. The summed E-state index contributed by atoms with van der Waals surface area (Å²) in [6, 6.07) is -0.587. The van der Waals surface area contributed by atoms with E-state index in [1.807, 2.05) is 13.8 Å². The maximum atomic E-state index is 11.9. The number of carbonyl (C=O) groups is 1. The number of hydrogen-bond acceptors (Lipinski definition) is 7. The van der Waals surface area contributed by atoms with Crippen LogP contribution in [-0.4, -0.2) is 40.6 Å². The van der Waals surface area contributed by atoms with Gasteiger partial charge in [-0.15, -0.1) is 0 Å². The molecule has 1 aliphatic heterocycles. The first-order chi connectivity index (χ1) is 10.8. The number of carbonyl (C=O) groups excluding carboxylic acids is 1. The quantitative estimate of drug-likeness (QED) is 0.350. The molecule has 0 N–H and O–H groups in total. The zero-order valence-electron chi connectivity index (χ0n) is 13.3. The van der Waals surface area contributed by atoms with Gasteiger partial charge in [-0.2, -0.15) is 4.98 Å². The summed E-state index contributed by atoms with van der Waals surface area (Å²) in [4.78, 5) is 32.7. The van der Waals surface area contributed by atoms with Crippen LogP contribution in [0, 0.1) is 16.0 Å². The number of nitro groups is 1. The van der Waals surface area contributed by atoms with Gasteiger partial charge in [0.1, 0.15) is 11.7 Å². The van der Waals surface area contributed by atoms with Gasteiger partial charge in [0.25, 0.3) is 0 Å². The lowest BCUT2D eigenvalue weighted by Crippen LogP contribution is -2.38. The molecule has 1 aromatic rings. The van der Waals surface area contributed by atoms with Gasteiger partial charge in [-0.05, 0) is 36.8 Å². The molecule has 0 amide bonds. The second-order valence-electron chi connectivity index (χ2n) is 5.84. The Hall–Kier alpha value is -1.96. The van der Waals surface area contributed by atoms with Gasteiger partial charge >= 0.3 is 11.7 Å². The third-order valence-corrected chi connectivity index (χ3v) is 3.86. The molecule has 9 heteroatoms. The summed E-state index contributed by atoms with van der Waals surface area (Å²) in [5.41, 5.74) is 0.106. The highest BCUT2D eigenvalue weighted by atomic mass is 35.5. The molecule has 2 heterocycles. The van der Waals surface area contributed by atoms with Crippen molar-refractivity contribution < 1.29 is 14.5 Å². The summed E-state index contributed by atoms with van der Waals surface area (Å²) < 4.78 is 4.78. The third-order valence-electron chi connectivity index (χ3n) is 3.69.